The van der Waals surface area contributed by atoms with Crippen LogP contribution in [0.4, 0.5) is 0 Å². The minimum absolute atomic E-state index is 0.144. The lowest BCUT2D eigenvalue weighted by atomic mass is 9.45. The van der Waals surface area contributed by atoms with E-state index in [1.807, 2.05) is 6.08 Å². The molecule has 0 radical (unpaired) electrons. The monoisotopic (exact) mass is 450 g/mol. The maximum atomic E-state index is 13.4. The molecule has 1 nitrogen and oxygen atoms in total. The van der Waals surface area contributed by atoms with E-state index < -0.39 is 0 Å². The van der Waals surface area contributed by atoms with Crippen LogP contribution in [0.2, 0.25) is 0 Å². The molecule has 1 saturated carbocycles. The topological polar surface area (TPSA) is 17.1 Å². The maximum Gasteiger partial charge on any atom is 0.142 e. The van der Waals surface area contributed by atoms with Crippen LogP contribution in [0, 0.1) is 45.8 Å². The number of ketones is 1. The second-order valence-electron chi connectivity index (χ2n) is 13.7. The lowest BCUT2D eigenvalue weighted by Crippen LogP contribution is -2.54. The average Bonchev–Trinajstić information content (AvgIpc) is 3.09. The van der Waals surface area contributed by atoms with Gasteiger partial charge in [0, 0.05) is 11.3 Å². The lowest BCUT2D eigenvalue weighted by Gasteiger charge is -2.58. The van der Waals surface area contributed by atoms with Crippen LogP contribution in [0.1, 0.15) is 113 Å². The van der Waals surface area contributed by atoms with Crippen LogP contribution in [-0.2, 0) is 4.79 Å². The summed E-state index contributed by atoms with van der Waals surface area (Å²) < 4.78 is 0. The number of hydrogen-bond donors (Lipinski definition) is 0. The number of Topliss-reactive ketones (excluding diaryl/α,β-unsaturated/α-hetero) is 1. The highest BCUT2D eigenvalue weighted by Crippen LogP contribution is 2.67. The summed E-state index contributed by atoms with van der Waals surface area (Å²) in [6.07, 6.45) is 16.8. The minimum atomic E-state index is -0.225. The van der Waals surface area contributed by atoms with E-state index in [1.54, 1.807) is 16.7 Å². The molecule has 0 amide bonds. The Hall–Kier alpha value is -1.11. The van der Waals surface area contributed by atoms with Gasteiger partial charge in [0.05, 0.1) is 0 Å². The van der Waals surface area contributed by atoms with Crippen LogP contribution in [0.3, 0.4) is 0 Å². The molecule has 0 aromatic heterocycles. The van der Waals surface area contributed by atoms with Crippen molar-refractivity contribution in [2.24, 2.45) is 45.8 Å². The maximum absolute atomic E-state index is 13.4. The molecule has 4 aliphatic carbocycles. The van der Waals surface area contributed by atoms with E-state index in [9.17, 15) is 4.79 Å². The zero-order valence-electron chi connectivity index (χ0n) is 22.7. The van der Waals surface area contributed by atoms with Gasteiger partial charge in [0.1, 0.15) is 5.78 Å². The van der Waals surface area contributed by atoms with E-state index in [4.69, 9.17) is 0 Å². The van der Waals surface area contributed by atoms with Gasteiger partial charge in [0.2, 0.25) is 0 Å². The Morgan fingerprint density at radius 1 is 1.09 bits per heavy atom. The van der Waals surface area contributed by atoms with Crippen molar-refractivity contribution >= 4 is 5.78 Å². The van der Waals surface area contributed by atoms with Gasteiger partial charge in [-0.15, -0.1) is 6.58 Å². The van der Waals surface area contributed by atoms with Crippen molar-refractivity contribution in [1.82, 2.24) is 0 Å². The Balaban J connectivity index is 1.62. The molecular formula is C32H50O. The number of carbonyl (C=O) groups is 1. The minimum Gasteiger partial charge on any atom is -0.299 e. The standard InChI is InChI=1S/C32H50O/c1-9-11-23-20-32(8)27-18-19-31(7)25(22(4)13-10-12-21(2)3)15-16-26(31)24(27)14-17-28(32)30(5,6)29(23)33/h9,16,21-23,25,28H,1,10-15,17-20H2,2-8H3/t22-,23?,25-,28+,31-,32-/m1/s1. The molecule has 4 rings (SSSR count). The van der Waals surface area contributed by atoms with Gasteiger partial charge < -0.3 is 0 Å². The quantitative estimate of drug-likeness (QED) is 0.353. The Morgan fingerprint density at radius 2 is 1.82 bits per heavy atom. The number of fused-ring (bicyclic) bond motifs is 4. The zero-order chi connectivity index (χ0) is 24.2. The van der Waals surface area contributed by atoms with Crippen LogP contribution < -0.4 is 0 Å². The molecule has 0 bridgehead atoms. The summed E-state index contributed by atoms with van der Waals surface area (Å²) >= 11 is 0. The Bertz CT molecular complexity index is 854. The second kappa shape index (κ2) is 8.83. The molecule has 0 spiro atoms. The highest BCUT2D eigenvalue weighted by atomic mass is 16.1. The normalized spacial score (nSPS) is 38.5. The van der Waals surface area contributed by atoms with Gasteiger partial charge in [-0.2, -0.15) is 0 Å². The van der Waals surface area contributed by atoms with Crippen LogP contribution >= 0.6 is 0 Å². The van der Waals surface area contributed by atoms with E-state index in [0.29, 0.717) is 17.1 Å². The number of hydrogen-bond acceptors (Lipinski definition) is 1. The van der Waals surface area contributed by atoms with Crippen LogP contribution in [-0.4, -0.2) is 5.78 Å². The van der Waals surface area contributed by atoms with Crippen molar-refractivity contribution in [2.75, 3.05) is 0 Å². The van der Waals surface area contributed by atoms with Crippen molar-refractivity contribution in [3.8, 4) is 0 Å². The first kappa shape index (κ1) is 25.0. The van der Waals surface area contributed by atoms with Gasteiger partial charge in [0.15, 0.2) is 0 Å². The summed E-state index contributed by atoms with van der Waals surface area (Å²) in [5.74, 6) is 3.54. The fourth-order valence-electron chi connectivity index (χ4n) is 9.18. The molecule has 1 unspecified atom stereocenters. The summed E-state index contributed by atoms with van der Waals surface area (Å²) in [5, 5.41) is 0. The van der Waals surface area contributed by atoms with E-state index in [1.165, 1.54) is 51.4 Å². The zero-order valence-corrected chi connectivity index (χ0v) is 22.7. The fraction of sp³-hybridized carbons (Fsp3) is 0.781. The van der Waals surface area contributed by atoms with Gasteiger partial charge >= 0.3 is 0 Å². The Labute approximate surface area is 204 Å². The Kier molecular flexibility index (Phi) is 6.69. The smallest absolute Gasteiger partial charge is 0.142 e. The molecule has 4 aliphatic rings. The first-order chi connectivity index (χ1) is 15.5. The van der Waals surface area contributed by atoms with E-state index in [-0.39, 0.29) is 16.7 Å². The number of allylic oxidation sites excluding steroid dienone is 5. The molecule has 0 heterocycles. The lowest BCUT2D eigenvalue weighted by molar-refractivity contribution is -0.146. The third-order valence-corrected chi connectivity index (χ3v) is 10.9. The summed E-state index contributed by atoms with van der Waals surface area (Å²) in [5.41, 5.74) is 5.49. The van der Waals surface area contributed by atoms with Crippen molar-refractivity contribution in [1.29, 1.82) is 0 Å². The molecule has 0 saturated heterocycles. The third kappa shape index (κ3) is 3.94. The molecular weight excluding hydrogens is 400 g/mol. The van der Waals surface area contributed by atoms with E-state index >= 15 is 0 Å². The number of carbonyl (C=O) groups excluding carboxylic acids is 1. The largest absolute Gasteiger partial charge is 0.299 e. The van der Waals surface area contributed by atoms with Gasteiger partial charge in [-0.25, -0.2) is 0 Å². The highest BCUT2D eigenvalue weighted by molar-refractivity contribution is 5.88. The van der Waals surface area contributed by atoms with Crippen molar-refractivity contribution in [3.05, 3.63) is 35.5 Å². The molecule has 184 valence electrons. The van der Waals surface area contributed by atoms with E-state index in [0.717, 1.165) is 30.6 Å². The van der Waals surface area contributed by atoms with Crippen molar-refractivity contribution < 1.29 is 4.79 Å². The summed E-state index contributed by atoms with van der Waals surface area (Å²) in [6, 6.07) is 0. The van der Waals surface area contributed by atoms with Crippen LogP contribution in [0.5, 0.6) is 0 Å². The third-order valence-electron chi connectivity index (χ3n) is 10.9. The van der Waals surface area contributed by atoms with Crippen molar-refractivity contribution in [3.63, 3.8) is 0 Å². The summed E-state index contributed by atoms with van der Waals surface area (Å²) in [6.45, 7) is 20.8. The molecule has 0 N–H and O–H groups in total. The van der Waals surface area contributed by atoms with Crippen LogP contribution in [0.15, 0.2) is 35.5 Å². The molecule has 1 heteroatoms. The average molecular weight is 451 g/mol. The molecule has 6 atom stereocenters. The Morgan fingerprint density at radius 3 is 2.48 bits per heavy atom. The summed E-state index contributed by atoms with van der Waals surface area (Å²) in [7, 11) is 0. The molecule has 33 heavy (non-hydrogen) atoms. The number of rotatable bonds is 7. The van der Waals surface area contributed by atoms with Gasteiger partial charge in [0.25, 0.3) is 0 Å². The van der Waals surface area contributed by atoms with E-state index in [2.05, 4.69) is 61.1 Å². The van der Waals surface area contributed by atoms with Gasteiger partial charge in [-0.3, -0.25) is 4.79 Å². The molecule has 0 aliphatic heterocycles. The second-order valence-corrected chi connectivity index (χ2v) is 13.7. The predicted octanol–water partition coefficient (Wildman–Crippen LogP) is 9.10. The first-order valence-corrected chi connectivity index (χ1v) is 14.1. The predicted molar refractivity (Wildman–Crippen MR) is 141 cm³/mol. The van der Waals surface area contributed by atoms with Crippen molar-refractivity contribution in [2.45, 2.75) is 113 Å². The summed E-state index contributed by atoms with van der Waals surface area (Å²) in [4.78, 5) is 13.4. The van der Waals surface area contributed by atoms with Crippen LogP contribution in [0.25, 0.3) is 0 Å². The molecule has 0 aromatic rings. The first-order valence-electron chi connectivity index (χ1n) is 14.1. The molecule has 1 fully saturated rings. The SMILES string of the molecule is C=CCC1C[C@]2(C)C3=C(CC[C@H]2C(C)(C)C1=O)C1=CC[C@H]([C@H](C)CCCC(C)C)[C@@]1(C)CC3. The highest BCUT2D eigenvalue weighted by Gasteiger charge is 2.59. The van der Waals surface area contributed by atoms with Gasteiger partial charge in [-0.05, 0) is 90.6 Å². The molecule has 0 aromatic carbocycles. The fourth-order valence-corrected chi connectivity index (χ4v) is 9.18. The van der Waals surface area contributed by atoms with Gasteiger partial charge in [-0.1, -0.05) is 85.5 Å².